The van der Waals surface area contributed by atoms with Gasteiger partial charge in [0.15, 0.2) is 0 Å². The van der Waals surface area contributed by atoms with Gasteiger partial charge in [0.25, 0.3) is 11.6 Å². The molecular formula is C14H10BrClN2O3. The second-order valence-corrected chi connectivity index (χ2v) is 5.60. The minimum atomic E-state index is -0.508. The second-order valence-electron chi connectivity index (χ2n) is 4.34. The van der Waals surface area contributed by atoms with Gasteiger partial charge in [0.05, 0.1) is 15.6 Å². The zero-order chi connectivity index (χ0) is 15.6. The molecule has 0 saturated heterocycles. The van der Waals surface area contributed by atoms with E-state index in [9.17, 15) is 14.9 Å². The molecule has 0 fully saturated rings. The summed E-state index contributed by atoms with van der Waals surface area (Å²) in [6.45, 7) is 1.76. The lowest BCUT2D eigenvalue weighted by molar-refractivity contribution is -0.384. The summed E-state index contributed by atoms with van der Waals surface area (Å²) in [5.41, 5.74) is 1.42. The molecule has 1 amide bonds. The summed E-state index contributed by atoms with van der Waals surface area (Å²) in [6.07, 6.45) is 0. The molecule has 0 atom stereocenters. The van der Waals surface area contributed by atoms with Crippen LogP contribution in [0.15, 0.2) is 40.9 Å². The number of hydrogen-bond acceptors (Lipinski definition) is 3. The normalized spacial score (nSPS) is 10.2. The molecule has 2 aromatic carbocycles. The van der Waals surface area contributed by atoms with E-state index in [1.54, 1.807) is 25.1 Å². The van der Waals surface area contributed by atoms with Gasteiger partial charge in [0.2, 0.25) is 0 Å². The third-order valence-corrected chi connectivity index (χ3v) is 4.09. The molecule has 0 aliphatic rings. The van der Waals surface area contributed by atoms with Crippen molar-refractivity contribution in [1.82, 2.24) is 0 Å². The van der Waals surface area contributed by atoms with Crippen molar-refractivity contribution >= 4 is 44.8 Å². The number of nitro groups is 1. The Morgan fingerprint density at radius 1 is 1.29 bits per heavy atom. The zero-order valence-electron chi connectivity index (χ0n) is 10.9. The average molecular weight is 370 g/mol. The van der Waals surface area contributed by atoms with Gasteiger partial charge in [0.1, 0.15) is 0 Å². The molecule has 0 bridgehead atoms. The van der Waals surface area contributed by atoms with Crippen molar-refractivity contribution in [2.75, 3.05) is 5.32 Å². The van der Waals surface area contributed by atoms with Crippen LogP contribution in [-0.4, -0.2) is 10.8 Å². The van der Waals surface area contributed by atoms with E-state index >= 15 is 0 Å². The van der Waals surface area contributed by atoms with E-state index in [1.165, 1.54) is 18.2 Å². The van der Waals surface area contributed by atoms with Crippen LogP contribution in [0.4, 0.5) is 11.4 Å². The van der Waals surface area contributed by atoms with E-state index in [1.807, 2.05) is 0 Å². The largest absolute Gasteiger partial charge is 0.321 e. The number of benzene rings is 2. The fourth-order valence-corrected chi connectivity index (χ4v) is 2.12. The highest BCUT2D eigenvalue weighted by Gasteiger charge is 2.13. The number of nitro benzene ring substituents is 1. The molecule has 0 heterocycles. The number of non-ortho nitro benzene ring substituents is 1. The Bertz CT molecular complexity index is 734. The van der Waals surface area contributed by atoms with Crippen LogP contribution in [0.25, 0.3) is 0 Å². The van der Waals surface area contributed by atoms with Crippen LogP contribution in [0, 0.1) is 17.0 Å². The van der Waals surface area contributed by atoms with Crippen LogP contribution in [-0.2, 0) is 0 Å². The quantitative estimate of drug-likeness (QED) is 0.636. The maximum absolute atomic E-state index is 12.2. The molecular weight excluding hydrogens is 360 g/mol. The maximum Gasteiger partial charge on any atom is 0.271 e. The van der Waals surface area contributed by atoms with Crippen molar-refractivity contribution in [1.29, 1.82) is 0 Å². The molecule has 21 heavy (non-hydrogen) atoms. The van der Waals surface area contributed by atoms with Gasteiger partial charge < -0.3 is 5.32 Å². The molecule has 0 saturated carbocycles. The van der Waals surface area contributed by atoms with Gasteiger partial charge in [-0.2, -0.15) is 0 Å². The molecule has 2 aromatic rings. The lowest BCUT2D eigenvalue weighted by Gasteiger charge is -2.09. The molecule has 0 spiro atoms. The van der Waals surface area contributed by atoms with Gasteiger partial charge in [-0.15, -0.1) is 0 Å². The first-order chi connectivity index (χ1) is 9.88. The van der Waals surface area contributed by atoms with E-state index in [4.69, 9.17) is 11.6 Å². The van der Waals surface area contributed by atoms with Crippen LogP contribution < -0.4 is 5.32 Å². The first-order valence-electron chi connectivity index (χ1n) is 5.90. The fourth-order valence-electron chi connectivity index (χ4n) is 1.69. The Balaban J connectivity index is 2.28. The Morgan fingerprint density at radius 3 is 2.62 bits per heavy atom. The SMILES string of the molecule is Cc1ccc([N+](=O)[O-])cc1NC(=O)c1ccc(Br)c(Cl)c1. The third kappa shape index (κ3) is 3.59. The molecule has 108 valence electrons. The van der Waals surface area contributed by atoms with E-state index in [-0.39, 0.29) is 11.6 Å². The van der Waals surface area contributed by atoms with E-state index in [2.05, 4.69) is 21.2 Å². The minimum absolute atomic E-state index is 0.0789. The first-order valence-corrected chi connectivity index (χ1v) is 7.07. The molecule has 0 unspecified atom stereocenters. The van der Waals surface area contributed by atoms with Gasteiger partial charge in [-0.25, -0.2) is 0 Å². The summed E-state index contributed by atoms with van der Waals surface area (Å²) in [5.74, 6) is -0.381. The number of anilines is 1. The van der Waals surface area contributed by atoms with Gasteiger partial charge in [-0.1, -0.05) is 17.7 Å². The topological polar surface area (TPSA) is 72.2 Å². The van der Waals surface area contributed by atoms with Gasteiger partial charge >= 0.3 is 0 Å². The standard InChI is InChI=1S/C14H10BrClN2O3/c1-8-2-4-10(18(20)21)7-13(8)17-14(19)9-3-5-11(15)12(16)6-9/h2-7H,1H3,(H,17,19). The number of hydrogen-bond donors (Lipinski definition) is 1. The predicted octanol–water partition coefficient (Wildman–Crippen LogP) is 4.57. The van der Waals surface area contributed by atoms with Crippen molar-refractivity contribution in [3.05, 3.63) is 67.1 Å². The van der Waals surface area contributed by atoms with Crippen molar-refractivity contribution < 1.29 is 9.72 Å². The lowest BCUT2D eigenvalue weighted by atomic mass is 10.1. The summed E-state index contributed by atoms with van der Waals surface area (Å²) in [7, 11) is 0. The molecule has 0 radical (unpaired) electrons. The van der Waals surface area contributed by atoms with Crippen LogP contribution in [0.3, 0.4) is 0 Å². The monoisotopic (exact) mass is 368 g/mol. The molecule has 0 aliphatic carbocycles. The van der Waals surface area contributed by atoms with E-state index in [0.717, 1.165) is 5.56 Å². The molecule has 0 aliphatic heterocycles. The summed E-state index contributed by atoms with van der Waals surface area (Å²) >= 11 is 9.19. The summed E-state index contributed by atoms with van der Waals surface area (Å²) < 4.78 is 0.687. The highest BCUT2D eigenvalue weighted by Crippen LogP contribution is 2.25. The Kier molecular flexibility index (Phi) is 4.59. The van der Waals surface area contributed by atoms with Crippen LogP contribution in [0.1, 0.15) is 15.9 Å². The molecule has 7 heteroatoms. The van der Waals surface area contributed by atoms with Crippen molar-refractivity contribution in [3.8, 4) is 0 Å². The number of rotatable bonds is 3. The first kappa shape index (κ1) is 15.5. The highest BCUT2D eigenvalue weighted by atomic mass is 79.9. The van der Waals surface area contributed by atoms with Crippen LogP contribution in [0.5, 0.6) is 0 Å². The minimum Gasteiger partial charge on any atom is -0.321 e. The van der Waals surface area contributed by atoms with E-state index in [0.29, 0.717) is 20.7 Å². The molecule has 1 N–H and O–H groups in total. The van der Waals surface area contributed by atoms with Crippen molar-refractivity contribution in [2.45, 2.75) is 6.92 Å². The maximum atomic E-state index is 12.2. The number of halogens is 2. The number of aryl methyl sites for hydroxylation is 1. The van der Waals surface area contributed by atoms with Gasteiger partial charge in [0, 0.05) is 22.2 Å². The fraction of sp³-hybridized carbons (Fsp3) is 0.0714. The number of carbonyl (C=O) groups is 1. The number of amides is 1. The summed E-state index contributed by atoms with van der Waals surface area (Å²) in [6, 6.07) is 9.10. The van der Waals surface area contributed by atoms with E-state index < -0.39 is 4.92 Å². The molecule has 0 aromatic heterocycles. The predicted molar refractivity (Wildman–Crippen MR) is 84.9 cm³/mol. The Hall–Kier alpha value is -1.92. The third-order valence-electron chi connectivity index (χ3n) is 2.86. The number of nitrogens with zero attached hydrogens (tertiary/aromatic N) is 1. The second kappa shape index (κ2) is 6.24. The summed E-state index contributed by atoms with van der Waals surface area (Å²) in [5, 5.41) is 13.8. The van der Waals surface area contributed by atoms with Crippen LogP contribution >= 0.6 is 27.5 Å². The van der Waals surface area contributed by atoms with Crippen LogP contribution in [0.2, 0.25) is 5.02 Å². The van der Waals surface area contributed by atoms with Crippen molar-refractivity contribution in [2.24, 2.45) is 0 Å². The van der Waals surface area contributed by atoms with Crippen molar-refractivity contribution in [3.63, 3.8) is 0 Å². The molecule has 2 rings (SSSR count). The average Bonchev–Trinajstić information content (AvgIpc) is 2.43. The molecule has 5 nitrogen and oxygen atoms in total. The number of carbonyl (C=O) groups excluding carboxylic acids is 1. The zero-order valence-corrected chi connectivity index (χ0v) is 13.2. The van der Waals surface area contributed by atoms with Gasteiger partial charge in [-0.3, -0.25) is 14.9 Å². The Labute approximate surface area is 134 Å². The number of nitrogens with one attached hydrogen (secondary N) is 1. The summed E-state index contributed by atoms with van der Waals surface area (Å²) in [4.78, 5) is 22.4. The smallest absolute Gasteiger partial charge is 0.271 e. The van der Waals surface area contributed by atoms with Gasteiger partial charge in [-0.05, 0) is 46.6 Å². The Morgan fingerprint density at radius 2 is 2.00 bits per heavy atom. The highest BCUT2D eigenvalue weighted by molar-refractivity contribution is 9.10. The lowest BCUT2D eigenvalue weighted by Crippen LogP contribution is -2.13.